The van der Waals surface area contributed by atoms with Crippen molar-refractivity contribution in [1.82, 2.24) is 10.3 Å². The normalized spacial score (nSPS) is 17.5. The molecule has 1 saturated heterocycles. The monoisotopic (exact) mass is 339 g/mol. The molecule has 24 heavy (non-hydrogen) atoms. The first-order chi connectivity index (χ1) is 11.6. The summed E-state index contributed by atoms with van der Waals surface area (Å²) >= 11 is 5.86. The minimum Gasteiger partial charge on any atom is -0.361 e. The van der Waals surface area contributed by atoms with Gasteiger partial charge in [-0.15, -0.1) is 0 Å². The quantitative estimate of drug-likeness (QED) is 0.717. The molecule has 120 valence electrons. The Labute approximate surface area is 143 Å². The standard InChI is InChI=1S/C18H14ClN3O2/c19-12-5-7-13(8-6-12)22-17(23)16(21-18(22)24)9-11-10-20-15-4-2-1-3-14(11)15/h1-8,10,16,20H,9H2,(H,21,24). The SMILES string of the molecule is O=C1NC(Cc2c[nH]c3ccccc23)C(=O)N1c1ccc(Cl)cc1. The summed E-state index contributed by atoms with van der Waals surface area (Å²) in [6.45, 7) is 0. The molecule has 0 bridgehead atoms. The van der Waals surface area contributed by atoms with Gasteiger partial charge in [0.2, 0.25) is 0 Å². The molecule has 0 saturated carbocycles. The number of imide groups is 1. The second-order valence-corrected chi connectivity index (χ2v) is 6.15. The third-order valence-electron chi connectivity index (χ3n) is 4.20. The van der Waals surface area contributed by atoms with Gasteiger partial charge in [-0.05, 0) is 35.9 Å². The van der Waals surface area contributed by atoms with Crippen LogP contribution in [-0.2, 0) is 11.2 Å². The molecule has 2 N–H and O–H groups in total. The van der Waals surface area contributed by atoms with E-state index in [0.717, 1.165) is 21.4 Å². The van der Waals surface area contributed by atoms with E-state index in [0.29, 0.717) is 17.1 Å². The number of nitrogens with zero attached hydrogens (tertiary/aromatic N) is 1. The number of carbonyl (C=O) groups excluding carboxylic acids is 2. The average Bonchev–Trinajstić information content (AvgIpc) is 3.11. The zero-order chi connectivity index (χ0) is 16.7. The maximum Gasteiger partial charge on any atom is 0.329 e. The highest BCUT2D eigenvalue weighted by Crippen LogP contribution is 2.25. The molecule has 1 fully saturated rings. The van der Waals surface area contributed by atoms with Crippen LogP contribution in [0.15, 0.2) is 54.7 Å². The molecule has 1 aromatic heterocycles. The van der Waals surface area contributed by atoms with Crippen molar-refractivity contribution in [3.05, 3.63) is 65.3 Å². The Morgan fingerprint density at radius 3 is 2.58 bits per heavy atom. The molecule has 5 nitrogen and oxygen atoms in total. The highest BCUT2D eigenvalue weighted by atomic mass is 35.5. The number of halogens is 1. The molecule has 6 heteroatoms. The molecular weight excluding hydrogens is 326 g/mol. The van der Waals surface area contributed by atoms with Gasteiger partial charge in [0.1, 0.15) is 6.04 Å². The molecule has 3 aromatic rings. The molecule has 1 unspecified atom stereocenters. The Morgan fingerprint density at radius 2 is 1.79 bits per heavy atom. The predicted molar refractivity (Wildman–Crippen MR) is 93.3 cm³/mol. The van der Waals surface area contributed by atoms with Crippen LogP contribution in [0, 0.1) is 0 Å². The third kappa shape index (κ3) is 2.43. The fourth-order valence-electron chi connectivity index (χ4n) is 3.02. The number of hydrogen-bond acceptors (Lipinski definition) is 2. The van der Waals surface area contributed by atoms with E-state index in [1.807, 2.05) is 30.5 Å². The van der Waals surface area contributed by atoms with Crippen LogP contribution in [0.5, 0.6) is 0 Å². The largest absolute Gasteiger partial charge is 0.361 e. The lowest BCUT2D eigenvalue weighted by Gasteiger charge is -2.13. The van der Waals surface area contributed by atoms with Gasteiger partial charge in [0, 0.05) is 28.5 Å². The number of nitrogens with one attached hydrogen (secondary N) is 2. The van der Waals surface area contributed by atoms with Crippen LogP contribution < -0.4 is 10.2 Å². The highest BCUT2D eigenvalue weighted by Gasteiger charge is 2.39. The Balaban J connectivity index is 1.60. The third-order valence-corrected chi connectivity index (χ3v) is 4.46. The van der Waals surface area contributed by atoms with E-state index in [-0.39, 0.29) is 5.91 Å². The summed E-state index contributed by atoms with van der Waals surface area (Å²) in [5.41, 5.74) is 2.53. The number of fused-ring (bicyclic) bond motifs is 1. The zero-order valence-electron chi connectivity index (χ0n) is 12.6. The van der Waals surface area contributed by atoms with Crippen LogP contribution in [0.2, 0.25) is 5.02 Å². The summed E-state index contributed by atoms with van der Waals surface area (Å²) in [7, 11) is 0. The molecule has 1 aliphatic heterocycles. The summed E-state index contributed by atoms with van der Waals surface area (Å²) in [5, 5.41) is 4.38. The maximum atomic E-state index is 12.7. The van der Waals surface area contributed by atoms with E-state index in [1.54, 1.807) is 24.3 Å². The number of urea groups is 1. The molecule has 2 heterocycles. The van der Waals surface area contributed by atoms with Crippen molar-refractivity contribution >= 4 is 40.1 Å². The van der Waals surface area contributed by atoms with Crippen LogP contribution in [0.4, 0.5) is 10.5 Å². The minimum absolute atomic E-state index is 0.257. The summed E-state index contributed by atoms with van der Waals surface area (Å²) in [6.07, 6.45) is 2.33. The molecular formula is C18H14ClN3O2. The molecule has 1 aliphatic rings. The van der Waals surface area contributed by atoms with Gasteiger partial charge in [-0.2, -0.15) is 0 Å². The molecule has 3 amide bonds. The first-order valence-electron chi connectivity index (χ1n) is 7.58. The number of carbonyl (C=O) groups is 2. The van der Waals surface area contributed by atoms with Gasteiger partial charge in [0.25, 0.3) is 5.91 Å². The topological polar surface area (TPSA) is 65.2 Å². The second-order valence-electron chi connectivity index (χ2n) is 5.72. The lowest BCUT2D eigenvalue weighted by atomic mass is 10.0. The number of benzene rings is 2. The molecule has 0 spiro atoms. The first kappa shape index (κ1) is 14.8. The highest BCUT2D eigenvalue weighted by molar-refractivity contribution is 6.30. The molecule has 4 rings (SSSR count). The number of para-hydroxylation sites is 1. The van der Waals surface area contributed by atoms with Crippen LogP contribution in [0.1, 0.15) is 5.56 Å². The second kappa shape index (κ2) is 5.69. The van der Waals surface area contributed by atoms with Crippen LogP contribution in [0.3, 0.4) is 0 Å². The summed E-state index contributed by atoms with van der Waals surface area (Å²) in [5.74, 6) is -0.257. The van der Waals surface area contributed by atoms with Crippen LogP contribution in [0.25, 0.3) is 10.9 Å². The number of amides is 3. The zero-order valence-corrected chi connectivity index (χ0v) is 13.4. The lowest BCUT2D eigenvalue weighted by Crippen LogP contribution is -2.32. The Bertz CT molecular complexity index is 933. The number of aromatic nitrogens is 1. The minimum atomic E-state index is -0.576. The summed E-state index contributed by atoms with van der Waals surface area (Å²) < 4.78 is 0. The maximum absolute atomic E-state index is 12.7. The van der Waals surface area contributed by atoms with Crippen molar-refractivity contribution in [3.8, 4) is 0 Å². The predicted octanol–water partition coefficient (Wildman–Crippen LogP) is 3.49. The average molecular weight is 340 g/mol. The van der Waals surface area contributed by atoms with Crippen molar-refractivity contribution in [3.63, 3.8) is 0 Å². The van der Waals surface area contributed by atoms with Crippen LogP contribution in [-0.4, -0.2) is 23.0 Å². The Morgan fingerprint density at radius 1 is 1.04 bits per heavy atom. The fraction of sp³-hybridized carbons (Fsp3) is 0.111. The van der Waals surface area contributed by atoms with Gasteiger partial charge >= 0.3 is 6.03 Å². The van der Waals surface area contributed by atoms with E-state index in [2.05, 4.69) is 10.3 Å². The van der Waals surface area contributed by atoms with E-state index >= 15 is 0 Å². The van der Waals surface area contributed by atoms with Gasteiger partial charge < -0.3 is 10.3 Å². The molecule has 0 radical (unpaired) electrons. The number of rotatable bonds is 3. The van der Waals surface area contributed by atoms with Gasteiger partial charge in [-0.3, -0.25) is 4.79 Å². The number of H-pyrrole nitrogens is 1. The fourth-order valence-corrected chi connectivity index (χ4v) is 3.15. The smallest absolute Gasteiger partial charge is 0.329 e. The Kier molecular flexibility index (Phi) is 3.50. The van der Waals surface area contributed by atoms with Gasteiger partial charge in [0.05, 0.1) is 5.69 Å². The van der Waals surface area contributed by atoms with Gasteiger partial charge in [0.15, 0.2) is 0 Å². The summed E-state index contributed by atoms with van der Waals surface area (Å²) in [4.78, 5) is 29.2. The summed E-state index contributed by atoms with van der Waals surface area (Å²) in [6, 6.07) is 13.5. The van der Waals surface area contributed by atoms with E-state index in [1.165, 1.54) is 0 Å². The molecule has 0 aliphatic carbocycles. The van der Waals surface area contributed by atoms with E-state index in [4.69, 9.17) is 11.6 Å². The van der Waals surface area contributed by atoms with Gasteiger partial charge in [-0.1, -0.05) is 29.8 Å². The van der Waals surface area contributed by atoms with Gasteiger partial charge in [-0.25, -0.2) is 9.69 Å². The number of anilines is 1. The number of aromatic amines is 1. The van der Waals surface area contributed by atoms with Crippen molar-refractivity contribution in [1.29, 1.82) is 0 Å². The van der Waals surface area contributed by atoms with E-state index < -0.39 is 12.1 Å². The molecule has 1 atom stereocenters. The first-order valence-corrected chi connectivity index (χ1v) is 7.96. The van der Waals surface area contributed by atoms with Crippen molar-refractivity contribution < 1.29 is 9.59 Å². The number of hydrogen-bond donors (Lipinski definition) is 2. The molecule has 2 aromatic carbocycles. The van der Waals surface area contributed by atoms with Crippen molar-refractivity contribution in [2.45, 2.75) is 12.5 Å². The van der Waals surface area contributed by atoms with Crippen LogP contribution >= 0.6 is 11.6 Å². The van der Waals surface area contributed by atoms with E-state index in [9.17, 15) is 9.59 Å². The Hall–Kier alpha value is -2.79. The van der Waals surface area contributed by atoms with Crippen molar-refractivity contribution in [2.24, 2.45) is 0 Å². The van der Waals surface area contributed by atoms with Crippen molar-refractivity contribution in [2.75, 3.05) is 4.90 Å². The lowest BCUT2D eigenvalue weighted by molar-refractivity contribution is -0.118.